The Morgan fingerprint density at radius 3 is 2.42 bits per heavy atom. The number of aromatic carboxylic acids is 1. The minimum absolute atomic E-state index is 0.00282. The molecule has 0 aromatic heterocycles. The van der Waals surface area contributed by atoms with Crippen LogP contribution in [0.2, 0.25) is 0 Å². The highest BCUT2D eigenvalue weighted by Gasteiger charge is 2.32. The summed E-state index contributed by atoms with van der Waals surface area (Å²) in [6, 6.07) is 4.17. The molecular weight excluding hydrogens is 428 g/mol. The summed E-state index contributed by atoms with van der Waals surface area (Å²) in [5, 5.41) is 20.1. The molecule has 33 heavy (non-hydrogen) atoms. The van der Waals surface area contributed by atoms with Crippen molar-refractivity contribution < 1.29 is 38.8 Å². The predicted octanol–water partition coefficient (Wildman–Crippen LogP) is 5.07. The number of ketones is 1. The fourth-order valence-electron chi connectivity index (χ4n) is 3.95. The zero-order chi connectivity index (χ0) is 24.1. The van der Waals surface area contributed by atoms with Gasteiger partial charge in [0.2, 0.25) is 0 Å². The smallest absolute Gasteiger partial charge is 0.347 e. The molecule has 3 rings (SSSR count). The Morgan fingerprint density at radius 2 is 1.79 bits per heavy atom. The van der Waals surface area contributed by atoms with Crippen LogP contribution in [0.1, 0.15) is 77.8 Å². The Kier molecular flexibility index (Phi) is 7.58. The fraction of sp³-hybridized carbons (Fsp3) is 0.400. The molecule has 0 atom stereocenters. The second kappa shape index (κ2) is 10.4. The number of fused-ring (bicyclic) bond motifs is 2. The Balaban J connectivity index is 2.19. The number of rotatable bonds is 10. The molecule has 1 aliphatic rings. The van der Waals surface area contributed by atoms with Crippen LogP contribution < -0.4 is 14.2 Å². The molecule has 0 saturated heterocycles. The number of esters is 1. The lowest BCUT2D eigenvalue weighted by Gasteiger charge is -2.17. The maximum atomic E-state index is 13.1. The van der Waals surface area contributed by atoms with E-state index in [4.69, 9.17) is 14.2 Å². The molecule has 2 aromatic carbocycles. The van der Waals surface area contributed by atoms with Gasteiger partial charge in [0, 0.05) is 30.5 Å². The molecule has 0 fully saturated rings. The van der Waals surface area contributed by atoms with E-state index in [1.54, 1.807) is 6.07 Å². The molecule has 2 N–H and O–H groups in total. The largest absolute Gasteiger partial charge is 0.507 e. The van der Waals surface area contributed by atoms with Crippen LogP contribution >= 0.6 is 0 Å². The Labute approximate surface area is 192 Å². The van der Waals surface area contributed by atoms with Crippen molar-refractivity contribution in [1.29, 1.82) is 0 Å². The molecule has 0 spiro atoms. The molecule has 8 nitrogen and oxygen atoms in total. The fourth-order valence-corrected chi connectivity index (χ4v) is 3.95. The number of Topliss-reactive ketones (excluding diaryl/α,β-unsaturated/α-hetero) is 1. The van der Waals surface area contributed by atoms with Gasteiger partial charge in [0.05, 0.1) is 7.11 Å². The Morgan fingerprint density at radius 1 is 1.03 bits per heavy atom. The lowest BCUT2D eigenvalue weighted by atomic mass is 9.98. The summed E-state index contributed by atoms with van der Waals surface area (Å²) in [5.74, 6) is -2.14. The van der Waals surface area contributed by atoms with E-state index in [0.29, 0.717) is 37.0 Å². The number of unbranched alkanes of at least 4 members (excludes halogenated alkanes) is 2. The van der Waals surface area contributed by atoms with Crippen LogP contribution in [-0.4, -0.2) is 35.0 Å². The van der Waals surface area contributed by atoms with Gasteiger partial charge in [-0.2, -0.15) is 0 Å². The average Bonchev–Trinajstić information content (AvgIpc) is 2.89. The van der Waals surface area contributed by atoms with Gasteiger partial charge in [0.25, 0.3) is 0 Å². The summed E-state index contributed by atoms with van der Waals surface area (Å²) >= 11 is 0. The molecule has 0 aliphatic carbocycles. The molecule has 1 aliphatic heterocycles. The van der Waals surface area contributed by atoms with E-state index in [1.807, 2.05) is 13.8 Å². The third-order valence-corrected chi connectivity index (χ3v) is 5.50. The van der Waals surface area contributed by atoms with Crippen LogP contribution in [0.15, 0.2) is 18.2 Å². The van der Waals surface area contributed by atoms with Gasteiger partial charge >= 0.3 is 11.9 Å². The van der Waals surface area contributed by atoms with Crippen molar-refractivity contribution in [2.24, 2.45) is 0 Å². The number of hydrogen-bond acceptors (Lipinski definition) is 7. The summed E-state index contributed by atoms with van der Waals surface area (Å²) in [7, 11) is 1.46. The molecule has 8 heteroatoms. The number of aromatic hydroxyl groups is 1. The standard InChI is InChI=1S/C25H28O8/c1-4-6-7-9-17-22(24(28)29)18(27)13-20-23(17)32-19-12-16(31-3)11-14(10-15(26)8-5-2)21(19)25(30)33-20/h11-13,27H,4-10H2,1-3H3,(H,28,29). The Bertz CT molecular complexity index is 1090. The molecule has 176 valence electrons. The minimum Gasteiger partial charge on any atom is -0.507 e. The normalized spacial score (nSPS) is 12.2. The van der Waals surface area contributed by atoms with Crippen LogP contribution in [0.25, 0.3) is 0 Å². The number of carboxylic acid groups (broad SMARTS) is 1. The zero-order valence-corrected chi connectivity index (χ0v) is 19.0. The van der Waals surface area contributed by atoms with E-state index in [0.717, 1.165) is 18.9 Å². The number of hydrogen-bond donors (Lipinski definition) is 2. The van der Waals surface area contributed by atoms with Crippen molar-refractivity contribution in [1.82, 2.24) is 0 Å². The second-order valence-electron chi connectivity index (χ2n) is 7.96. The molecule has 0 unspecified atom stereocenters. The maximum Gasteiger partial charge on any atom is 0.347 e. The van der Waals surface area contributed by atoms with Crippen LogP contribution in [0.4, 0.5) is 0 Å². The number of benzene rings is 2. The van der Waals surface area contributed by atoms with E-state index < -0.39 is 17.7 Å². The van der Waals surface area contributed by atoms with E-state index in [-0.39, 0.29) is 46.1 Å². The van der Waals surface area contributed by atoms with Crippen molar-refractivity contribution in [3.05, 3.63) is 40.5 Å². The number of carbonyl (C=O) groups excluding carboxylic acids is 2. The molecule has 0 amide bonds. The van der Waals surface area contributed by atoms with Crippen molar-refractivity contribution in [3.63, 3.8) is 0 Å². The second-order valence-corrected chi connectivity index (χ2v) is 7.96. The highest BCUT2D eigenvalue weighted by Crippen LogP contribution is 2.47. The number of phenols is 1. The first kappa shape index (κ1) is 24.1. The SMILES string of the molecule is CCCCCc1c2c(cc(O)c1C(=O)O)OC(=O)c1c(CC(=O)CCC)cc(OC)cc1O2. The van der Waals surface area contributed by atoms with Crippen molar-refractivity contribution >= 4 is 17.7 Å². The number of methoxy groups -OCH3 is 1. The van der Waals surface area contributed by atoms with E-state index in [9.17, 15) is 24.6 Å². The zero-order valence-electron chi connectivity index (χ0n) is 19.0. The molecule has 0 bridgehead atoms. The van der Waals surface area contributed by atoms with Gasteiger partial charge in [0.1, 0.15) is 34.2 Å². The van der Waals surface area contributed by atoms with E-state index in [1.165, 1.54) is 13.2 Å². The summed E-state index contributed by atoms with van der Waals surface area (Å²) in [6.07, 6.45) is 3.76. The number of carbonyl (C=O) groups is 3. The average molecular weight is 456 g/mol. The van der Waals surface area contributed by atoms with Crippen molar-refractivity contribution in [3.8, 4) is 28.7 Å². The lowest BCUT2D eigenvalue weighted by molar-refractivity contribution is -0.118. The third kappa shape index (κ3) is 5.10. The predicted molar refractivity (Wildman–Crippen MR) is 120 cm³/mol. The van der Waals surface area contributed by atoms with Crippen LogP contribution in [0, 0.1) is 0 Å². The molecule has 2 aromatic rings. The van der Waals surface area contributed by atoms with Gasteiger partial charge in [-0.3, -0.25) is 4.79 Å². The summed E-state index contributed by atoms with van der Waals surface area (Å²) < 4.78 is 17.0. The highest BCUT2D eigenvalue weighted by atomic mass is 16.6. The van der Waals surface area contributed by atoms with Gasteiger partial charge < -0.3 is 24.4 Å². The van der Waals surface area contributed by atoms with Crippen LogP contribution in [-0.2, 0) is 17.6 Å². The molecular formula is C25H28O8. The first-order chi connectivity index (χ1) is 15.8. The lowest BCUT2D eigenvalue weighted by Crippen LogP contribution is -2.13. The third-order valence-electron chi connectivity index (χ3n) is 5.50. The van der Waals surface area contributed by atoms with Gasteiger partial charge in [-0.05, 0) is 30.9 Å². The van der Waals surface area contributed by atoms with E-state index in [2.05, 4.69) is 0 Å². The number of ether oxygens (including phenoxy) is 3. The summed E-state index contributed by atoms with van der Waals surface area (Å²) in [6.45, 7) is 3.91. The maximum absolute atomic E-state index is 13.1. The van der Waals surface area contributed by atoms with Gasteiger partial charge in [-0.25, -0.2) is 9.59 Å². The molecule has 0 saturated carbocycles. The summed E-state index contributed by atoms with van der Waals surface area (Å²) in [4.78, 5) is 37.3. The van der Waals surface area contributed by atoms with E-state index >= 15 is 0 Å². The summed E-state index contributed by atoms with van der Waals surface area (Å²) in [5.41, 5.74) is 0.437. The number of carboxylic acids is 1. The topological polar surface area (TPSA) is 119 Å². The van der Waals surface area contributed by atoms with Gasteiger partial charge in [-0.15, -0.1) is 0 Å². The van der Waals surface area contributed by atoms with Gasteiger partial charge in [0.15, 0.2) is 11.5 Å². The van der Waals surface area contributed by atoms with Gasteiger partial charge in [-0.1, -0.05) is 26.7 Å². The first-order valence-electron chi connectivity index (χ1n) is 11.0. The molecule has 1 heterocycles. The van der Waals surface area contributed by atoms with Crippen molar-refractivity contribution in [2.45, 2.75) is 58.8 Å². The van der Waals surface area contributed by atoms with Crippen LogP contribution in [0.5, 0.6) is 28.7 Å². The highest BCUT2D eigenvalue weighted by molar-refractivity contribution is 6.00. The molecule has 0 radical (unpaired) electrons. The first-order valence-corrected chi connectivity index (χ1v) is 11.0. The van der Waals surface area contributed by atoms with Crippen molar-refractivity contribution in [2.75, 3.05) is 7.11 Å². The van der Waals surface area contributed by atoms with Crippen LogP contribution in [0.3, 0.4) is 0 Å². The minimum atomic E-state index is -1.31. The quantitative estimate of drug-likeness (QED) is 0.289. The monoisotopic (exact) mass is 456 g/mol. The Hall–Kier alpha value is -3.55.